The van der Waals surface area contributed by atoms with E-state index in [9.17, 15) is 8.78 Å². The van der Waals surface area contributed by atoms with Crippen LogP contribution in [0.15, 0.2) is 97.6 Å². The molecule has 0 amide bonds. The highest BCUT2D eigenvalue weighted by Crippen LogP contribution is 2.31. The number of aromatic nitrogens is 6. The van der Waals surface area contributed by atoms with Crippen LogP contribution in [0.3, 0.4) is 0 Å². The lowest BCUT2D eigenvalue weighted by atomic mass is 10.0. The highest BCUT2D eigenvalue weighted by Gasteiger charge is 2.13. The van der Waals surface area contributed by atoms with Crippen molar-refractivity contribution in [2.45, 2.75) is 13.8 Å². The van der Waals surface area contributed by atoms with Crippen molar-refractivity contribution in [2.24, 2.45) is 0 Å². The van der Waals surface area contributed by atoms with Crippen LogP contribution in [0.4, 0.5) is 14.7 Å². The molecule has 0 aliphatic heterocycles. The van der Waals surface area contributed by atoms with E-state index in [1.54, 1.807) is 75.0 Å². The number of pyridine rings is 2. The summed E-state index contributed by atoms with van der Waals surface area (Å²) in [4.78, 5) is 25.0. The molecule has 0 saturated carbocycles. The number of rotatable bonds is 4. The number of hydrogen-bond donors (Lipinski definition) is 1. The van der Waals surface area contributed by atoms with Crippen molar-refractivity contribution in [1.29, 1.82) is 0 Å². The lowest BCUT2D eigenvalue weighted by molar-refractivity contribution is 0.618. The van der Waals surface area contributed by atoms with Crippen molar-refractivity contribution in [3.8, 4) is 45.0 Å². The molecule has 4 heterocycles. The van der Waals surface area contributed by atoms with E-state index in [2.05, 4.69) is 29.9 Å². The van der Waals surface area contributed by atoms with Crippen LogP contribution in [-0.4, -0.2) is 29.9 Å². The molecular weight excluding hydrogens is 556 g/mol. The molecule has 0 spiro atoms. The van der Waals surface area contributed by atoms with Crippen molar-refractivity contribution in [1.82, 2.24) is 29.9 Å². The lowest BCUT2D eigenvalue weighted by Gasteiger charge is -2.09. The minimum Gasteiger partial charge on any atom is -0.368 e. The zero-order chi connectivity index (χ0) is 29.6. The first-order valence-corrected chi connectivity index (χ1v) is 13.2. The fourth-order valence-corrected chi connectivity index (χ4v) is 4.42. The maximum absolute atomic E-state index is 13.4. The zero-order valence-electron chi connectivity index (χ0n) is 22.6. The van der Waals surface area contributed by atoms with Gasteiger partial charge in [-0.3, -0.25) is 9.97 Å². The van der Waals surface area contributed by atoms with E-state index in [4.69, 9.17) is 17.3 Å². The van der Waals surface area contributed by atoms with Gasteiger partial charge in [0.1, 0.15) is 11.6 Å². The summed E-state index contributed by atoms with van der Waals surface area (Å²) in [7, 11) is 0. The zero-order valence-corrected chi connectivity index (χ0v) is 23.4. The summed E-state index contributed by atoms with van der Waals surface area (Å²) < 4.78 is 26.9. The smallest absolute Gasteiger partial charge is 0.222 e. The Morgan fingerprint density at radius 3 is 1.57 bits per heavy atom. The van der Waals surface area contributed by atoms with Crippen LogP contribution in [0, 0.1) is 25.5 Å². The average molecular weight is 580 g/mol. The van der Waals surface area contributed by atoms with Crippen LogP contribution >= 0.6 is 11.6 Å². The van der Waals surface area contributed by atoms with Crippen molar-refractivity contribution in [3.63, 3.8) is 0 Å². The molecule has 0 aliphatic rings. The second-order valence-corrected chi connectivity index (χ2v) is 9.58. The molecule has 0 bridgehead atoms. The van der Waals surface area contributed by atoms with Gasteiger partial charge in [0.05, 0.1) is 22.8 Å². The predicted molar refractivity (Wildman–Crippen MR) is 160 cm³/mol. The Hall–Kier alpha value is -5.15. The summed E-state index contributed by atoms with van der Waals surface area (Å²) in [6, 6.07) is 20.8. The molecule has 42 heavy (non-hydrogen) atoms. The van der Waals surface area contributed by atoms with E-state index in [-0.39, 0.29) is 22.9 Å². The van der Waals surface area contributed by atoms with E-state index in [1.165, 1.54) is 12.1 Å². The molecule has 0 aliphatic carbocycles. The quantitative estimate of drug-likeness (QED) is 0.215. The lowest BCUT2D eigenvalue weighted by Crippen LogP contribution is -1.97. The molecule has 6 rings (SSSR count). The molecule has 6 aromatic rings. The molecule has 0 saturated heterocycles. The van der Waals surface area contributed by atoms with Crippen molar-refractivity contribution in [3.05, 3.63) is 126 Å². The highest BCUT2D eigenvalue weighted by atomic mass is 35.5. The topological polar surface area (TPSA) is 103 Å². The third-order valence-electron chi connectivity index (χ3n) is 6.33. The van der Waals surface area contributed by atoms with Gasteiger partial charge in [-0.1, -0.05) is 0 Å². The molecule has 4 aromatic heterocycles. The molecule has 0 atom stereocenters. The van der Waals surface area contributed by atoms with E-state index in [0.29, 0.717) is 22.5 Å². The number of nitrogens with zero attached hydrogens (tertiary/aromatic N) is 6. The first-order chi connectivity index (χ1) is 20.3. The molecule has 0 unspecified atom stereocenters. The number of halogens is 3. The van der Waals surface area contributed by atoms with E-state index >= 15 is 0 Å². The minimum atomic E-state index is -0.235. The van der Waals surface area contributed by atoms with E-state index in [0.717, 1.165) is 33.6 Å². The fourth-order valence-electron chi connectivity index (χ4n) is 4.28. The Kier molecular flexibility index (Phi) is 8.50. The van der Waals surface area contributed by atoms with Gasteiger partial charge in [-0.2, -0.15) is 0 Å². The first-order valence-electron chi connectivity index (χ1n) is 12.8. The Bertz CT molecular complexity index is 1740. The van der Waals surface area contributed by atoms with Gasteiger partial charge < -0.3 is 5.73 Å². The maximum atomic E-state index is 13.4. The van der Waals surface area contributed by atoms with E-state index in [1.807, 2.05) is 24.3 Å². The summed E-state index contributed by atoms with van der Waals surface area (Å²) in [5.41, 5.74) is 12.9. The third kappa shape index (κ3) is 6.42. The number of nitrogens with two attached hydrogens (primary N) is 1. The van der Waals surface area contributed by atoms with Crippen molar-refractivity contribution in [2.75, 3.05) is 5.73 Å². The molecule has 0 fully saturated rings. The van der Waals surface area contributed by atoms with Gasteiger partial charge in [0.25, 0.3) is 0 Å². The SMILES string of the molecule is Cc1cc(-c2ncccc2-c2ccnc(Cl)n2)ccc1F.Cc1cc(-c2ncccc2-c2ccnc(N)n2)ccc1F. The van der Waals surface area contributed by atoms with Crippen LogP contribution in [0.1, 0.15) is 11.1 Å². The molecule has 2 aromatic carbocycles. The molecule has 10 heteroatoms. The largest absolute Gasteiger partial charge is 0.368 e. The van der Waals surface area contributed by atoms with Gasteiger partial charge in [0, 0.05) is 47.0 Å². The normalized spacial score (nSPS) is 10.6. The van der Waals surface area contributed by atoms with Gasteiger partial charge in [-0.25, -0.2) is 28.7 Å². The Balaban J connectivity index is 0.000000168. The molecular formula is C32H24ClF2N7. The van der Waals surface area contributed by atoms with Gasteiger partial charge in [0.15, 0.2) is 0 Å². The number of aryl methyl sites for hydroxylation is 2. The number of benzene rings is 2. The fraction of sp³-hybridized carbons (Fsp3) is 0.0625. The standard InChI is InChI=1S/C16H11ClFN3.C16H13FN4/c1-10-9-11(4-5-13(10)18)15-12(3-2-7-19-15)14-6-8-20-16(17)21-14;1-10-9-11(4-5-13(10)17)15-12(3-2-7-19-15)14-6-8-20-16(18)21-14/h2-9H,1H3;2-9H,1H3,(H2,18,20,21). The Morgan fingerprint density at radius 2 is 1.10 bits per heavy atom. The summed E-state index contributed by atoms with van der Waals surface area (Å²) in [6.45, 7) is 3.45. The van der Waals surface area contributed by atoms with Crippen molar-refractivity contribution < 1.29 is 8.78 Å². The second kappa shape index (κ2) is 12.6. The first kappa shape index (κ1) is 28.4. The van der Waals surface area contributed by atoms with Crippen molar-refractivity contribution >= 4 is 17.5 Å². The van der Waals surface area contributed by atoms with E-state index < -0.39 is 0 Å². The molecule has 208 valence electrons. The predicted octanol–water partition coefficient (Wildman–Crippen LogP) is 7.54. The summed E-state index contributed by atoms with van der Waals surface area (Å²) in [5, 5.41) is 0.178. The van der Waals surface area contributed by atoms with Gasteiger partial charge in [-0.15, -0.1) is 0 Å². The van der Waals surface area contributed by atoms with Crippen LogP contribution in [0.25, 0.3) is 45.0 Å². The minimum absolute atomic E-state index is 0.178. The van der Waals surface area contributed by atoms with Crippen LogP contribution in [0.5, 0.6) is 0 Å². The molecule has 7 nitrogen and oxygen atoms in total. The summed E-state index contributed by atoms with van der Waals surface area (Å²) in [5.74, 6) is -0.263. The maximum Gasteiger partial charge on any atom is 0.222 e. The van der Waals surface area contributed by atoms with Crippen LogP contribution in [-0.2, 0) is 0 Å². The average Bonchev–Trinajstić information content (AvgIpc) is 3.00. The monoisotopic (exact) mass is 579 g/mol. The number of nitrogen functional groups attached to an aromatic ring is 1. The molecule has 0 radical (unpaired) electrons. The second-order valence-electron chi connectivity index (χ2n) is 9.24. The third-order valence-corrected chi connectivity index (χ3v) is 6.51. The van der Waals surface area contributed by atoms with Gasteiger partial charge in [0.2, 0.25) is 11.2 Å². The summed E-state index contributed by atoms with van der Waals surface area (Å²) in [6.07, 6.45) is 6.59. The highest BCUT2D eigenvalue weighted by molar-refractivity contribution is 6.28. The molecule has 2 N–H and O–H groups in total. The van der Waals surface area contributed by atoms with Crippen LogP contribution < -0.4 is 5.73 Å². The summed E-state index contributed by atoms with van der Waals surface area (Å²) >= 11 is 5.85. The van der Waals surface area contributed by atoms with Crippen LogP contribution in [0.2, 0.25) is 5.28 Å². The van der Waals surface area contributed by atoms with Gasteiger partial charge >= 0.3 is 0 Å². The number of hydrogen-bond acceptors (Lipinski definition) is 7. The Morgan fingerprint density at radius 1 is 0.595 bits per heavy atom. The number of anilines is 1. The Labute approximate surface area is 246 Å². The van der Waals surface area contributed by atoms with Gasteiger partial charge in [-0.05, 0) is 109 Å².